The van der Waals surface area contributed by atoms with E-state index in [-0.39, 0.29) is 5.82 Å². The van der Waals surface area contributed by atoms with Crippen molar-refractivity contribution in [1.29, 1.82) is 0 Å². The van der Waals surface area contributed by atoms with Gasteiger partial charge in [0.05, 0.1) is 5.69 Å². The standard InChI is InChI=1S/C8H7F2N5/c9-8(10)15-7(11)1-6(14-15)5-2-12-4-13-3-5/h1-4,8H,11H2. The maximum atomic E-state index is 12.3. The van der Waals surface area contributed by atoms with Crippen molar-refractivity contribution in [2.45, 2.75) is 6.55 Å². The highest BCUT2D eigenvalue weighted by atomic mass is 19.3. The first-order valence-electron chi connectivity index (χ1n) is 4.07. The van der Waals surface area contributed by atoms with Gasteiger partial charge in [0, 0.05) is 24.0 Å². The van der Waals surface area contributed by atoms with Gasteiger partial charge >= 0.3 is 6.55 Å². The lowest BCUT2D eigenvalue weighted by atomic mass is 10.2. The quantitative estimate of drug-likeness (QED) is 0.813. The zero-order chi connectivity index (χ0) is 10.8. The van der Waals surface area contributed by atoms with Gasteiger partial charge in [-0.15, -0.1) is 0 Å². The van der Waals surface area contributed by atoms with Gasteiger partial charge in [0.1, 0.15) is 12.1 Å². The molecule has 0 bridgehead atoms. The molecule has 0 aliphatic carbocycles. The van der Waals surface area contributed by atoms with Gasteiger partial charge in [-0.25, -0.2) is 9.97 Å². The van der Waals surface area contributed by atoms with Crippen molar-refractivity contribution in [2.75, 3.05) is 5.73 Å². The van der Waals surface area contributed by atoms with Crippen LogP contribution in [-0.4, -0.2) is 19.7 Å². The molecule has 15 heavy (non-hydrogen) atoms. The second kappa shape index (κ2) is 3.60. The van der Waals surface area contributed by atoms with Crippen LogP contribution in [0, 0.1) is 0 Å². The fourth-order valence-corrected chi connectivity index (χ4v) is 1.14. The van der Waals surface area contributed by atoms with Crippen molar-refractivity contribution in [1.82, 2.24) is 19.7 Å². The van der Waals surface area contributed by atoms with Crippen LogP contribution in [0.3, 0.4) is 0 Å². The molecule has 0 saturated carbocycles. The summed E-state index contributed by atoms with van der Waals surface area (Å²) in [7, 11) is 0. The number of nitrogens with zero attached hydrogens (tertiary/aromatic N) is 4. The van der Waals surface area contributed by atoms with Gasteiger partial charge in [-0.1, -0.05) is 0 Å². The Morgan fingerprint density at radius 2 is 1.93 bits per heavy atom. The summed E-state index contributed by atoms with van der Waals surface area (Å²) >= 11 is 0. The number of rotatable bonds is 2. The van der Waals surface area contributed by atoms with Gasteiger partial charge in [-0.05, 0) is 0 Å². The van der Waals surface area contributed by atoms with Crippen molar-refractivity contribution in [2.24, 2.45) is 0 Å². The molecule has 2 aromatic rings. The van der Waals surface area contributed by atoms with E-state index < -0.39 is 6.55 Å². The van der Waals surface area contributed by atoms with Crippen molar-refractivity contribution >= 4 is 5.82 Å². The number of nitrogens with two attached hydrogens (primary N) is 1. The minimum atomic E-state index is -2.75. The molecule has 2 aromatic heterocycles. The first kappa shape index (κ1) is 9.50. The molecule has 0 spiro atoms. The van der Waals surface area contributed by atoms with E-state index in [4.69, 9.17) is 5.73 Å². The summed E-state index contributed by atoms with van der Waals surface area (Å²) in [6.07, 6.45) is 4.30. The first-order chi connectivity index (χ1) is 7.18. The summed E-state index contributed by atoms with van der Waals surface area (Å²) in [5.74, 6) is -0.0937. The number of aromatic nitrogens is 4. The lowest BCUT2D eigenvalue weighted by Crippen LogP contribution is -2.04. The zero-order valence-corrected chi connectivity index (χ0v) is 7.51. The highest BCUT2D eigenvalue weighted by Gasteiger charge is 2.13. The van der Waals surface area contributed by atoms with Gasteiger partial charge in [0.2, 0.25) is 0 Å². The molecule has 0 atom stereocenters. The average molecular weight is 211 g/mol. The smallest absolute Gasteiger partial charge is 0.335 e. The van der Waals surface area contributed by atoms with E-state index in [9.17, 15) is 8.78 Å². The van der Waals surface area contributed by atoms with Crippen LogP contribution in [0.15, 0.2) is 24.8 Å². The highest BCUT2D eigenvalue weighted by Crippen LogP contribution is 2.22. The van der Waals surface area contributed by atoms with Crippen LogP contribution in [0.4, 0.5) is 14.6 Å². The van der Waals surface area contributed by atoms with E-state index in [1.807, 2.05) is 0 Å². The predicted molar refractivity (Wildman–Crippen MR) is 48.9 cm³/mol. The Balaban J connectivity index is 2.43. The number of alkyl halides is 2. The number of hydrogen-bond acceptors (Lipinski definition) is 4. The minimum Gasteiger partial charge on any atom is -0.384 e. The highest BCUT2D eigenvalue weighted by molar-refractivity contribution is 5.60. The summed E-state index contributed by atoms with van der Waals surface area (Å²) in [6.45, 7) is -2.75. The topological polar surface area (TPSA) is 69.6 Å². The molecule has 7 heteroatoms. The second-order valence-corrected chi connectivity index (χ2v) is 2.80. The van der Waals surface area contributed by atoms with E-state index in [1.165, 1.54) is 24.8 Å². The summed E-state index contributed by atoms with van der Waals surface area (Å²) < 4.78 is 25.1. The van der Waals surface area contributed by atoms with Gasteiger partial charge in [-0.2, -0.15) is 18.6 Å². The molecule has 0 saturated heterocycles. The maximum absolute atomic E-state index is 12.3. The van der Waals surface area contributed by atoms with E-state index in [1.54, 1.807) is 0 Å². The third-order valence-corrected chi connectivity index (χ3v) is 1.81. The number of halogens is 2. The van der Waals surface area contributed by atoms with Crippen LogP contribution in [0.1, 0.15) is 6.55 Å². The molecular weight excluding hydrogens is 204 g/mol. The molecular formula is C8H7F2N5. The number of anilines is 1. The van der Waals surface area contributed by atoms with Crippen LogP contribution in [0.25, 0.3) is 11.3 Å². The van der Waals surface area contributed by atoms with Crippen LogP contribution in [-0.2, 0) is 0 Å². The van der Waals surface area contributed by atoms with Crippen molar-refractivity contribution in [3.63, 3.8) is 0 Å². The minimum absolute atomic E-state index is 0.0937. The SMILES string of the molecule is Nc1cc(-c2cncnc2)nn1C(F)F. The summed E-state index contributed by atoms with van der Waals surface area (Å²) in [5, 5.41) is 3.64. The van der Waals surface area contributed by atoms with Gasteiger partial charge in [0.15, 0.2) is 0 Å². The molecule has 0 fully saturated rings. The van der Waals surface area contributed by atoms with Crippen LogP contribution >= 0.6 is 0 Å². The van der Waals surface area contributed by atoms with Gasteiger partial charge in [-0.3, -0.25) is 0 Å². The number of nitrogen functional groups attached to an aromatic ring is 1. The number of hydrogen-bond donors (Lipinski definition) is 1. The summed E-state index contributed by atoms with van der Waals surface area (Å²) in [6, 6.07) is 1.35. The van der Waals surface area contributed by atoms with E-state index in [0.717, 1.165) is 0 Å². The van der Waals surface area contributed by atoms with Crippen LogP contribution < -0.4 is 5.73 Å². The Bertz CT molecular complexity index is 453. The van der Waals surface area contributed by atoms with Crippen LogP contribution in [0.2, 0.25) is 0 Å². The zero-order valence-electron chi connectivity index (χ0n) is 7.51. The lowest BCUT2D eigenvalue weighted by molar-refractivity contribution is 0.0594. The van der Waals surface area contributed by atoms with Crippen molar-refractivity contribution < 1.29 is 8.78 Å². The monoisotopic (exact) mass is 211 g/mol. The Hall–Kier alpha value is -2.05. The molecule has 5 nitrogen and oxygen atoms in total. The predicted octanol–water partition coefficient (Wildman–Crippen LogP) is 1.32. The Morgan fingerprint density at radius 1 is 1.27 bits per heavy atom. The molecule has 0 unspecified atom stereocenters. The fraction of sp³-hybridized carbons (Fsp3) is 0.125. The van der Waals surface area contributed by atoms with E-state index in [2.05, 4.69) is 15.1 Å². The third-order valence-electron chi connectivity index (χ3n) is 1.81. The van der Waals surface area contributed by atoms with Crippen molar-refractivity contribution in [3.8, 4) is 11.3 Å². The lowest BCUT2D eigenvalue weighted by Gasteiger charge is -1.99. The first-order valence-corrected chi connectivity index (χ1v) is 4.07. The fourth-order valence-electron chi connectivity index (χ4n) is 1.14. The summed E-state index contributed by atoms with van der Waals surface area (Å²) in [5.41, 5.74) is 6.23. The Kier molecular flexibility index (Phi) is 2.28. The second-order valence-electron chi connectivity index (χ2n) is 2.80. The molecule has 0 aliphatic rings. The van der Waals surface area contributed by atoms with Gasteiger partial charge in [0.25, 0.3) is 0 Å². The molecule has 2 rings (SSSR count). The van der Waals surface area contributed by atoms with Gasteiger partial charge < -0.3 is 5.73 Å². The maximum Gasteiger partial charge on any atom is 0.335 e. The van der Waals surface area contributed by atoms with E-state index in [0.29, 0.717) is 15.9 Å². The molecule has 0 amide bonds. The third kappa shape index (κ3) is 1.76. The molecule has 0 aliphatic heterocycles. The summed E-state index contributed by atoms with van der Waals surface area (Å²) in [4.78, 5) is 7.51. The van der Waals surface area contributed by atoms with E-state index >= 15 is 0 Å². The molecule has 2 N–H and O–H groups in total. The Labute approximate surface area is 83.6 Å². The molecule has 0 radical (unpaired) electrons. The normalized spacial score (nSPS) is 10.9. The van der Waals surface area contributed by atoms with Crippen LogP contribution in [0.5, 0.6) is 0 Å². The molecule has 0 aromatic carbocycles. The molecule has 2 heterocycles. The van der Waals surface area contributed by atoms with Crippen molar-refractivity contribution in [3.05, 3.63) is 24.8 Å². The largest absolute Gasteiger partial charge is 0.384 e. The Morgan fingerprint density at radius 3 is 2.47 bits per heavy atom. The average Bonchev–Trinajstić information content (AvgIpc) is 2.62. The molecule has 78 valence electrons.